The maximum absolute atomic E-state index is 12.6. The second-order valence-corrected chi connectivity index (χ2v) is 6.79. The molecule has 2 aromatic carbocycles. The lowest BCUT2D eigenvalue weighted by molar-refractivity contribution is -0.141. The fourth-order valence-electron chi connectivity index (χ4n) is 2.99. The first-order valence-corrected chi connectivity index (χ1v) is 8.93. The van der Waals surface area contributed by atoms with Gasteiger partial charge in [-0.05, 0) is 42.3 Å². The molecule has 0 aliphatic carbocycles. The number of benzene rings is 2. The highest BCUT2D eigenvalue weighted by Gasteiger charge is 2.31. The Balaban J connectivity index is 0.00000280. The van der Waals surface area contributed by atoms with E-state index in [-0.39, 0.29) is 24.9 Å². The number of likely N-dealkylation sites (tertiary alicyclic amines) is 1. The Labute approximate surface area is 174 Å². The van der Waals surface area contributed by atoms with E-state index in [1.54, 1.807) is 35.2 Å². The summed E-state index contributed by atoms with van der Waals surface area (Å²) in [6.45, 7) is 1.01. The largest absolute Gasteiger partial charge is 0.493 e. The summed E-state index contributed by atoms with van der Waals surface area (Å²) in [7, 11) is 1.51. The number of hydrogen-bond donors (Lipinski definition) is 1. The quantitative estimate of drug-likeness (QED) is 0.759. The minimum atomic E-state index is -0.867. The molecule has 8 heteroatoms. The Morgan fingerprint density at radius 1 is 1.18 bits per heavy atom. The molecule has 1 unspecified atom stereocenters. The van der Waals surface area contributed by atoms with E-state index in [9.17, 15) is 9.59 Å². The first-order valence-electron chi connectivity index (χ1n) is 8.55. The highest BCUT2D eigenvalue weighted by Crippen LogP contribution is 2.30. The molecule has 0 spiro atoms. The van der Waals surface area contributed by atoms with Crippen molar-refractivity contribution in [2.45, 2.75) is 13.0 Å². The summed E-state index contributed by atoms with van der Waals surface area (Å²) in [4.78, 5) is 25.3. The highest BCUT2D eigenvalue weighted by atomic mass is 35.5. The molecule has 1 heterocycles. The highest BCUT2D eigenvalue weighted by molar-refractivity contribution is 6.30. The Morgan fingerprint density at radius 2 is 1.89 bits per heavy atom. The molecule has 0 saturated carbocycles. The van der Waals surface area contributed by atoms with Gasteiger partial charge in [0.15, 0.2) is 11.5 Å². The van der Waals surface area contributed by atoms with Crippen molar-refractivity contribution in [3.8, 4) is 11.5 Å². The Bertz CT molecular complexity index is 841. The van der Waals surface area contributed by atoms with Crippen molar-refractivity contribution in [2.24, 2.45) is 5.92 Å². The van der Waals surface area contributed by atoms with E-state index < -0.39 is 11.9 Å². The number of carbonyl (C=O) groups is 2. The number of carbonyl (C=O) groups excluding carboxylic acids is 1. The Kier molecular flexibility index (Phi) is 7.54. The number of carboxylic acids is 1. The SMILES string of the molecule is COc1cc(C(=O)N2CCC(C(=O)O)C2)ccc1OCc1ccc(Cl)cc1.Cl. The number of amides is 1. The molecule has 2 aromatic rings. The second-order valence-electron chi connectivity index (χ2n) is 6.36. The van der Waals surface area contributed by atoms with Crippen LogP contribution in [0.15, 0.2) is 42.5 Å². The first-order chi connectivity index (χ1) is 13.0. The van der Waals surface area contributed by atoms with Crippen molar-refractivity contribution in [3.63, 3.8) is 0 Å². The van der Waals surface area contributed by atoms with E-state index >= 15 is 0 Å². The molecule has 0 radical (unpaired) electrons. The molecular weight excluding hydrogens is 405 g/mol. The molecular formula is C20H21Cl2NO5. The third-order valence-corrected chi connectivity index (χ3v) is 4.79. The zero-order valence-corrected chi connectivity index (χ0v) is 16.8. The third kappa shape index (κ3) is 5.09. The van der Waals surface area contributed by atoms with Crippen molar-refractivity contribution < 1.29 is 24.2 Å². The van der Waals surface area contributed by atoms with Gasteiger partial charge in [-0.1, -0.05) is 23.7 Å². The summed E-state index contributed by atoms with van der Waals surface area (Å²) in [5, 5.41) is 9.75. The average molecular weight is 426 g/mol. The van der Waals surface area contributed by atoms with Gasteiger partial charge >= 0.3 is 5.97 Å². The lowest BCUT2D eigenvalue weighted by atomic mass is 10.1. The summed E-state index contributed by atoms with van der Waals surface area (Å²) in [6.07, 6.45) is 0.473. The maximum atomic E-state index is 12.6. The van der Waals surface area contributed by atoms with E-state index in [1.165, 1.54) is 7.11 Å². The molecule has 1 fully saturated rings. The average Bonchev–Trinajstić information content (AvgIpc) is 3.17. The van der Waals surface area contributed by atoms with Crippen LogP contribution in [0.4, 0.5) is 0 Å². The maximum Gasteiger partial charge on any atom is 0.308 e. The van der Waals surface area contributed by atoms with Crippen molar-refractivity contribution in [2.75, 3.05) is 20.2 Å². The van der Waals surface area contributed by atoms with E-state index in [0.29, 0.717) is 41.7 Å². The lowest BCUT2D eigenvalue weighted by Crippen LogP contribution is -2.29. The van der Waals surface area contributed by atoms with Crippen LogP contribution in [0, 0.1) is 5.92 Å². The minimum absolute atomic E-state index is 0. The third-order valence-electron chi connectivity index (χ3n) is 4.54. The number of nitrogens with zero attached hydrogens (tertiary/aromatic N) is 1. The fourth-order valence-corrected chi connectivity index (χ4v) is 3.12. The smallest absolute Gasteiger partial charge is 0.308 e. The van der Waals surface area contributed by atoms with Crippen LogP contribution in [0.25, 0.3) is 0 Å². The van der Waals surface area contributed by atoms with Crippen molar-refractivity contribution in [1.82, 2.24) is 4.90 Å². The number of ether oxygens (including phenoxy) is 2. The van der Waals surface area contributed by atoms with Gasteiger partial charge in [-0.3, -0.25) is 9.59 Å². The van der Waals surface area contributed by atoms with E-state index in [2.05, 4.69) is 0 Å². The Hall–Kier alpha value is -2.44. The summed E-state index contributed by atoms with van der Waals surface area (Å²) in [6, 6.07) is 12.3. The molecule has 1 aliphatic rings. The predicted molar refractivity (Wildman–Crippen MR) is 108 cm³/mol. The monoisotopic (exact) mass is 425 g/mol. The van der Waals surface area contributed by atoms with Crippen molar-refractivity contribution >= 4 is 35.9 Å². The molecule has 1 saturated heterocycles. The number of rotatable bonds is 6. The van der Waals surface area contributed by atoms with Crippen LogP contribution < -0.4 is 9.47 Å². The molecule has 6 nitrogen and oxygen atoms in total. The molecule has 150 valence electrons. The zero-order chi connectivity index (χ0) is 19.4. The van der Waals surface area contributed by atoms with E-state index in [0.717, 1.165) is 5.56 Å². The molecule has 0 aromatic heterocycles. The van der Waals surface area contributed by atoms with Gasteiger partial charge in [0.25, 0.3) is 5.91 Å². The van der Waals surface area contributed by atoms with Gasteiger partial charge < -0.3 is 19.5 Å². The fraction of sp³-hybridized carbons (Fsp3) is 0.300. The number of aliphatic carboxylic acids is 1. The number of methoxy groups -OCH3 is 1. The van der Waals surface area contributed by atoms with Crippen LogP contribution in [0.2, 0.25) is 5.02 Å². The van der Waals surface area contributed by atoms with Gasteiger partial charge in [-0.15, -0.1) is 12.4 Å². The van der Waals surface area contributed by atoms with Crippen LogP contribution in [-0.4, -0.2) is 42.1 Å². The van der Waals surface area contributed by atoms with Gasteiger partial charge in [-0.25, -0.2) is 0 Å². The van der Waals surface area contributed by atoms with Gasteiger partial charge in [0.05, 0.1) is 13.0 Å². The van der Waals surface area contributed by atoms with Crippen LogP contribution in [-0.2, 0) is 11.4 Å². The Morgan fingerprint density at radius 3 is 2.50 bits per heavy atom. The standard InChI is InChI=1S/C20H20ClNO5.ClH/c1-26-18-10-14(19(23)22-9-8-15(11-22)20(24)25)4-7-17(18)27-12-13-2-5-16(21)6-3-13;/h2-7,10,15H,8-9,11-12H2,1H3,(H,24,25);1H. The summed E-state index contributed by atoms with van der Waals surface area (Å²) in [5.41, 5.74) is 1.40. The van der Waals surface area contributed by atoms with Crippen LogP contribution in [0.5, 0.6) is 11.5 Å². The first kappa shape index (κ1) is 21.9. The van der Waals surface area contributed by atoms with Crippen molar-refractivity contribution in [1.29, 1.82) is 0 Å². The normalized spacial score (nSPS) is 15.6. The molecule has 28 heavy (non-hydrogen) atoms. The predicted octanol–water partition coefficient (Wildman–Crippen LogP) is 3.90. The van der Waals surface area contributed by atoms with Gasteiger partial charge in [0.2, 0.25) is 0 Å². The van der Waals surface area contributed by atoms with Crippen LogP contribution >= 0.6 is 24.0 Å². The van der Waals surface area contributed by atoms with Crippen LogP contribution in [0.3, 0.4) is 0 Å². The zero-order valence-electron chi connectivity index (χ0n) is 15.3. The summed E-state index contributed by atoms with van der Waals surface area (Å²) < 4.78 is 11.1. The summed E-state index contributed by atoms with van der Waals surface area (Å²) in [5.74, 6) is -0.606. The second kappa shape index (κ2) is 9.66. The molecule has 1 atom stereocenters. The minimum Gasteiger partial charge on any atom is -0.493 e. The van der Waals surface area contributed by atoms with Gasteiger partial charge in [0, 0.05) is 23.7 Å². The van der Waals surface area contributed by atoms with Gasteiger partial charge in [-0.2, -0.15) is 0 Å². The molecule has 0 bridgehead atoms. The van der Waals surface area contributed by atoms with E-state index in [1.807, 2.05) is 12.1 Å². The number of halogens is 2. The topological polar surface area (TPSA) is 76.1 Å². The molecule has 3 rings (SSSR count). The lowest BCUT2D eigenvalue weighted by Gasteiger charge is -2.17. The molecule has 1 amide bonds. The number of carboxylic acid groups (broad SMARTS) is 1. The van der Waals surface area contributed by atoms with Crippen molar-refractivity contribution in [3.05, 3.63) is 58.6 Å². The summed E-state index contributed by atoms with van der Waals surface area (Å²) >= 11 is 5.87. The van der Waals surface area contributed by atoms with E-state index in [4.69, 9.17) is 26.2 Å². The molecule has 1 aliphatic heterocycles. The number of hydrogen-bond acceptors (Lipinski definition) is 4. The molecule has 1 N–H and O–H groups in total. The van der Waals surface area contributed by atoms with Gasteiger partial charge in [0.1, 0.15) is 6.61 Å². The van der Waals surface area contributed by atoms with Crippen LogP contribution in [0.1, 0.15) is 22.3 Å².